The molecule has 3 aromatic rings. The van der Waals surface area contributed by atoms with Crippen LogP contribution in [0.4, 0.5) is 0 Å². The zero-order valence-electron chi connectivity index (χ0n) is 20.2. The standard InChI is InChI=1S/C27H34ClN3O3/c1-5-7-10-23(32)18-30(17-6-2)19-24-20(3)29-31(22-15-13-21(28)14-16-22)27(24)34-26-12-9-8-11-25(26)33-4/h5,8-9,11-16,23,32H,1,6-7,10,17-19H2,2-4H3/t23-/m1/s1. The molecule has 0 radical (unpaired) electrons. The topological polar surface area (TPSA) is 59.8 Å². The molecule has 0 aliphatic rings. The van der Waals surface area contributed by atoms with Gasteiger partial charge in [-0.15, -0.1) is 6.58 Å². The largest absolute Gasteiger partial charge is 0.493 e. The molecule has 1 heterocycles. The average Bonchev–Trinajstić information content (AvgIpc) is 3.13. The van der Waals surface area contributed by atoms with Crippen molar-refractivity contribution in [2.75, 3.05) is 20.2 Å². The Hall–Kier alpha value is -2.80. The minimum Gasteiger partial charge on any atom is -0.493 e. The first-order valence-corrected chi connectivity index (χ1v) is 12.0. The Morgan fingerprint density at radius 3 is 2.53 bits per heavy atom. The summed E-state index contributed by atoms with van der Waals surface area (Å²) in [6.07, 6.45) is 3.87. The third-order valence-corrected chi connectivity index (χ3v) is 5.83. The Bertz CT molecular complexity index is 1070. The van der Waals surface area contributed by atoms with Crippen molar-refractivity contribution in [3.8, 4) is 23.1 Å². The highest BCUT2D eigenvalue weighted by molar-refractivity contribution is 6.30. The molecule has 0 bridgehead atoms. The number of aliphatic hydroxyl groups is 1. The van der Waals surface area contributed by atoms with Gasteiger partial charge in [0.2, 0.25) is 5.88 Å². The van der Waals surface area contributed by atoms with Gasteiger partial charge in [-0.25, -0.2) is 4.68 Å². The summed E-state index contributed by atoms with van der Waals surface area (Å²) in [7, 11) is 1.62. The number of methoxy groups -OCH3 is 1. The molecule has 7 heteroatoms. The van der Waals surface area contributed by atoms with Crippen molar-refractivity contribution in [1.29, 1.82) is 0 Å². The van der Waals surface area contributed by atoms with Crippen LogP contribution in [-0.2, 0) is 6.54 Å². The van der Waals surface area contributed by atoms with Gasteiger partial charge < -0.3 is 14.6 Å². The predicted octanol–water partition coefficient (Wildman–Crippen LogP) is 6.17. The van der Waals surface area contributed by atoms with Crippen LogP contribution in [0.1, 0.15) is 37.4 Å². The van der Waals surface area contributed by atoms with Gasteiger partial charge in [-0.2, -0.15) is 5.10 Å². The summed E-state index contributed by atoms with van der Waals surface area (Å²) in [5.41, 5.74) is 2.67. The SMILES string of the molecule is C=CCC[C@@H](O)CN(CCC)Cc1c(C)nn(-c2ccc(Cl)cc2)c1Oc1ccccc1OC. The Labute approximate surface area is 207 Å². The lowest BCUT2D eigenvalue weighted by molar-refractivity contribution is 0.102. The van der Waals surface area contributed by atoms with Crippen molar-refractivity contribution < 1.29 is 14.6 Å². The van der Waals surface area contributed by atoms with E-state index in [-0.39, 0.29) is 0 Å². The van der Waals surface area contributed by atoms with E-state index in [1.165, 1.54) is 0 Å². The van der Waals surface area contributed by atoms with Gasteiger partial charge in [-0.3, -0.25) is 4.90 Å². The second-order valence-corrected chi connectivity index (χ2v) is 8.70. The van der Waals surface area contributed by atoms with Gasteiger partial charge in [0, 0.05) is 18.1 Å². The molecule has 0 saturated heterocycles. The van der Waals surface area contributed by atoms with Crippen LogP contribution in [0.5, 0.6) is 17.4 Å². The molecule has 1 N–H and O–H groups in total. The lowest BCUT2D eigenvalue weighted by Gasteiger charge is -2.25. The molecule has 34 heavy (non-hydrogen) atoms. The Kier molecular flexibility index (Phi) is 9.57. The molecular weight excluding hydrogens is 450 g/mol. The third-order valence-electron chi connectivity index (χ3n) is 5.58. The van der Waals surface area contributed by atoms with Crippen molar-refractivity contribution in [3.05, 3.63) is 77.5 Å². The van der Waals surface area contributed by atoms with Gasteiger partial charge in [0.25, 0.3) is 0 Å². The summed E-state index contributed by atoms with van der Waals surface area (Å²) in [6.45, 7) is 9.90. The maximum Gasteiger partial charge on any atom is 0.227 e. The quantitative estimate of drug-likeness (QED) is 0.294. The number of halogens is 1. The van der Waals surface area contributed by atoms with E-state index in [1.807, 2.05) is 61.5 Å². The number of nitrogens with zero attached hydrogens (tertiary/aromatic N) is 3. The number of para-hydroxylation sites is 2. The first-order valence-electron chi connectivity index (χ1n) is 11.6. The first-order chi connectivity index (χ1) is 16.5. The van der Waals surface area contributed by atoms with Crippen LogP contribution in [0.3, 0.4) is 0 Å². The molecule has 182 valence electrons. The molecule has 0 amide bonds. The zero-order valence-corrected chi connectivity index (χ0v) is 21.0. The maximum absolute atomic E-state index is 10.5. The molecule has 3 rings (SSSR count). The van der Waals surface area contributed by atoms with Gasteiger partial charge in [-0.05, 0) is 69.1 Å². The van der Waals surface area contributed by atoms with E-state index in [9.17, 15) is 5.11 Å². The number of benzene rings is 2. The lowest BCUT2D eigenvalue weighted by Crippen LogP contribution is -2.33. The molecule has 0 fully saturated rings. The molecule has 0 aliphatic carbocycles. The molecule has 0 spiro atoms. The van der Waals surface area contributed by atoms with Gasteiger partial charge in [0.05, 0.1) is 30.2 Å². The summed E-state index contributed by atoms with van der Waals surface area (Å²) >= 11 is 6.12. The van der Waals surface area contributed by atoms with Crippen molar-refractivity contribution in [2.45, 2.75) is 45.8 Å². The van der Waals surface area contributed by atoms with Gasteiger partial charge in [0.1, 0.15) is 0 Å². The van der Waals surface area contributed by atoms with E-state index in [0.717, 1.165) is 36.3 Å². The van der Waals surface area contributed by atoms with Crippen LogP contribution in [0.15, 0.2) is 61.2 Å². The van der Waals surface area contributed by atoms with Crippen molar-refractivity contribution in [2.24, 2.45) is 0 Å². The van der Waals surface area contributed by atoms with Crippen LogP contribution in [-0.4, -0.2) is 46.1 Å². The predicted molar refractivity (Wildman–Crippen MR) is 137 cm³/mol. The number of ether oxygens (including phenoxy) is 2. The van der Waals surface area contributed by atoms with E-state index in [1.54, 1.807) is 11.8 Å². The first kappa shape index (κ1) is 25.8. The average molecular weight is 484 g/mol. The minimum atomic E-state index is -0.422. The van der Waals surface area contributed by atoms with E-state index in [4.69, 9.17) is 26.2 Å². The Morgan fingerprint density at radius 2 is 1.88 bits per heavy atom. The van der Waals surface area contributed by atoms with E-state index < -0.39 is 6.10 Å². The highest BCUT2D eigenvalue weighted by atomic mass is 35.5. The normalized spacial score (nSPS) is 12.1. The maximum atomic E-state index is 10.5. The summed E-state index contributed by atoms with van der Waals surface area (Å²) in [4.78, 5) is 2.25. The molecule has 0 saturated carbocycles. The Morgan fingerprint density at radius 1 is 1.18 bits per heavy atom. The highest BCUT2D eigenvalue weighted by Crippen LogP contribution is 2.36. The molecular formula is C27H34ClN3O3. The number of aryl methyl sites for hydroxylation is 1. The second-order valence-electron chi connectivity index (χ2n) is 8.27. The lowest BCUT2D eigenvalue weighted by atomic mass is 10.1. The molecule has 0 aliphatic heterocycles. The summed E-state index contributed by atoms with van der Waals surface area (Å²) in [6, 6.07) is 15.0. The molecule has 2 aromatic carbocycles. The van der Waals surface area contributed by atoms with Crippen LogP contribution >= 0.6 is 11.6 Å². The fourth-order valence-electron chi connectivity index (χ4n) is 3.86. The monoisotopic (exact) mass is 483 g/mol. The second kappa shape index (κ2) is 12.6. The van der Waals surface area contributed by atoms with Crippen molar-refractivity contribution >= 4 is 11.6 Å². The van der Waals surface area contributed by atoms with E-state index in [2.05, 4.69) is 18.4 Å². The van der Waals surface area contributed by atoms with E-state index >= 15 is 0 Å². The van der Waals surface area contributed by atoms with Gasteiger partial charge in [0.15, 0.2) is 11.5 Å². The highest BCUT2D eigenvalue weighted by Gasteiger charge is 2.23. The molecule has 0 unspecified atom stereocenters. The van der Waals surface area contributed by atoms with Crippen LogP contribution in [0, 0.1) is 6.92 Å². The molecule has 6 nitrogen and oxygen atoms in total. The zero-order chi connectivity index (χ0) is 24.5. The van der Waals surface area contributed by atoms with Crippen molar-refractivity contribution in [1.82, 2.24) is 14.7 Å². The molecule has 1 atom stereocenters. The number of allylic oxidation sites excluding steroid dienone is 1. The summed E-state index contributed by atoms with van der Waals surface area (Å²) < 4.78 is 13.8. The number of aromatic nitrogens is 2. The number of aliphatic hydroxyl groups excluding tert-OH is 1. The smallest absolute Gasteiger partial charge is 0.227 e. The summed E-state index contributed by atoms with van der Waals surface area (Å²) in [5.74, 6) is 1.86. The number of hydrogen-bond donors (Lipinski definition) is 1. The Balaban J connectivity index is 2.01. The van der Waals surface area contributed by atoms with Crippen molar-refractivity contribution in [3.63, 3.8) is 0 Å². The fourth-order valence-corrected chi connectivity index (χ4v) is 3.99. The minimum absolute atomic E-state index is 0.422. The van der Waals surface area contributed by atoms with Gasteiger partial charge in [-0.1, -0.05) is 36.7 Å². The van der Waals surface area contributed by atoms with Crippen LogP contribution < -0.4 is 9.47 Å². The van der Waals surface area contributed by atoms with E-state index in [0.29, 0.717) is 41.9 Å². The van der Waals surface area contributed by atoms with Crippen LogP contribution in [0.25, 0.3) is 5.69 Å². The fraction of sp³-hybridized carbons (Fsp3) is 0.370. The van der Waals surface area contributed by atoms with Crippen LogP contribution in [0.2, 0.25) is 5.02 Å². The molecule has 1 aromatic heterocycles. The third kappa shape index (κ3) is 6.63. The number of rotatable bonds is 13. The summed E-state index contributed by atoms with van der Waals surface area (Å²) in [5, 5.41) is 16.0. The number of hydrogen-bond acceptors (Lipinski definition) is 5. The van der Waals surface area contributed by atoms with Gasteiger partial charge >= 0.3 is 0 Å².